The van der Waals surface area contributed by atoms with Gasteiger partial charge in [0.2, 0.25) is 0 Å². The van der Waals surface area contributed by atoms with Gasteiger partial charge < -0.3 is 5.32 Å². The van der Waals surface area contributed by atoms with Crippen molar-refractivity contribution in [2.75, 3.05) is 5.32 Å². The molecule has 4 heterocycles. The summed E-state index contributed by atoms with van der Waals surface area (Å²) < 4.78 is 0. The minimum absolute atomic E-state index is 0.288. The number of fused-ring (bicyclic) bond motifs is 1. The second kappa shape index (κ2) is 5.82. The van der Waals surface area contributed by atoms with Crippen LogP contribution in [0.5, 0.6) is 0 Å². The maximum Gasteiger partial charge on any atom is 0.276 e. The first-order valence-corrected chi connectivity index (χ1v) is 8.50. The normalized spacial score (nSPS) is 10.8. The molecule has 0 saturated carbocycles. The molecule has 0 aliphatic heterocycles. The molecule has 23 heavy (non-hydrogen) atoms. The van der Waals surface area contributed by atoms with Crippen molar-refractivity contribution in [3.05, 3.63) is 52.4 Å². The highest BCUT2D eigenvalue weighted by Gasteiger charge is 2.15. The number of aromatic nitrogens is 4. The number of hydrogen-bond donors (Lipinski definition) is 1. The van der Waals surface area contributed by atoms with Gasteiger partial charge in [0.1, 0.15) is 22.0 Å². The molecule has 112 valence electrons. The van der Waals surface area contributed by atoms with E-state index in [0.29, 0.717) is 23.0 Å². The third-order valence-corrected chi connectivity index (χ3v) is 4.51. The molecule has 1 amide bonds. The van der Waals surface area contributed by atoms with Crippen molar-refractivity contribution in [1.29, 1.82) is 0 Å². The fourth-order valence-electron chi connectivity index (χ4n) is 2.06. The Kier molecular flexibility index (Phi) is 3.52. The summed E-state index contributed by atoms with van der Waals surface area (Å²) in [5.74, 6) is 0.661. The van der Waals surface area contributed by atoms with E-state index in [-0.39, 0.29) is 5.91 Å². The van der Waals surface area contributed by atoms with Crippen LogP contribution >= 0.6 is 22.7 Å². The largest absolute Gasteiger partial charge is 0.305 e. The average Bonchev–Trinajstić information content (AvgIpc) is 3.27. The zero-order valence-corrected chi connectivity index (χ0v) is 13.3. The Labute approximate surface area is 138 Å². The third-order valence-electron chi connectivity index (χ3n) is 3.12. The molecule has 0 aliphatic rings. The predicted molar refractivity (Wildman–Crippen MR) is 90.7 cm³/mol. The maximum atomic E-state index is 12.2. The number of thiazole rings is 1. The molecule has 4 aromatic heterocycles. The van der Waals surface area contributed by atoms with E-state index < -0.39 is 0 Å². The Morgan fingerprint density at radius 1 is 1.13 bits per heavy atom. The molecular formula is C15H9N5OS2. The smallest absolute Gasteiger partial charge is 0.276 e. The summed E-state index contributed by atoms with van der Waals surface area (Å²) >= 11 is 2.86. The van der Waals surface area contributed by atoms with Gasteiger partial charge in [-0.25, -0.2) is 15.0 Å². The van der Waals surface area contributed by atoms with Crippen LogP contribution in [0.15, 0.2) is 46.7 Å². The van der Waals surface area contributed by atoms with E-state index >= 15 is 0 Å². The summed E-state index contributed by atoms with van der Waals surface area (Å²) in [6, 6.07) is 7.43. The van der Waals surface area contributed by atoms with E-state index in [9.17, 15) is 4.79 Å². The Bertz CT molecular complexity index is 966. The molecule has 0 bridgehead atoms. The highest BCUT2D eigenvalue weighted by atomic mass is 32.1. The third kappa shape index (κ3) is 2.69. The average molecular weight is 339 g/mol. The van der Waals surface area contributed by atoms with Gasteiger partial charge in [-0.2, -0.15) is 0 Å². The van der Waals surface area contributed by atoms with Gasteiger partial charge in [-0.15, -0.1) is 22.7 Å². The zero-order chi connectivity index (χ0) is 15.6. The van der Waals surface area contributed by atoms with Crippen molar-refractivity contribution >= 4 is 44.6 Å². The SMILES string of the molecule is O=C(Nc1nc(-c2ccccn2)nc2sccc12)c1cscn1. The van der Waals surface area contributed by atoms with Gasteiger partial charge >= 0.3 is 0 Å². The number of nitrogens with one attached hydrogen (secondary N) is 1. The molecular weight excluding hydrogens is 330 g/mol. The van der Waals surface area contributed by atoms with Crippen LogP contribution in [-0.2, 0) is 0 Å². The van der Waals surface area contributed by atoms with Gasteiger partial charge in [0.15, 0.2) is 5.82 Å². The van der Waals surface area contributed by atoms with Gasteiger partial charge in [-0.3, -0.25) is 9.78 Å². The van der Waals surface area contributed by atoms with Crippen LogP contribution in [-0.4, -0.2) is 25.8 Å². The lowest BCUT2D eigenvalue weighted by Crippen LogP contribution is -2.14. The second-order valence-electron chi connectivity index (χ2n) is 4.58. The number of carbonyl (C=O) groups is 1. The number of pyridine rings is 1. The number of amides is 1. The van der Waals surface area contributed by atoms with Crippen molar-refractivity contribution < 1.29 is 4.79 Å². The molecule has 4 aromatic rings. The fraction of sp³-hybridized carbons (Fsp3) is 0. The molecule has 0 aromatic carbocycles. The van der Waals surface area contributed by atoms with Crippen molar-refractivity contribution in [2.24, 2.45) is 0 Å². The van der Waals surface area contributed by atoms with Gasteiger partial charge in [0, 0.05) is 11.6 Å². The lowest BCUT2D eigenvalue weighted by molar-refractivity contribution is 0.102. The van der Waals surface area contributed by atoms with E-state index in [1.54, 1.807) is 17.1 Å². The van der Waals surface area contributed by atoms with Gasteiger partial charge in [-0.1, -0.05) is 6.07 Å². The van der Waals surface area contributed by atoms with Crippen LogP contribution in [0.1, 0.15) is 10.5 Å². The summed E-state index contributed by atoms with van der Waals surface area (Å²) in [5.41, 5.74) is 2.65. The van der Waals surface area contributed by atoms with E-state index in [4.69, 9.17) is 0 Å². The van der Waals surface area contributed by atoms with E-state index in [0.717, 1.165) is 10.2 Å². The summed E-state index contributed by atoms with van der Waals surface area (Å²) in [7, 11) is 0. The molecule has 4 rings (SSSR count). The summed E-state index contributed by atoms with van der Waals surface area (Å²) in [4.78, 5) is 30.3. The van der Waals surface area contributed by atoms with Crippen LogP contribution in [0.2, 0.25) is 0 Å². The first-order chi connectivity index (χ1) is 11.3. The first-order valence-electron chi connectivity index (χ1n) is 6.67. The Morgan fingerprint density at radius 3 is 2.87 bits per heavy atom. The molecule has 0 radical (unpaired) electrons. The fourth-order valence-corrected chi connectivity index (χ4v) is 3.35. The topological polar surface area (TPSA) is 80.7 Å². The molecule has 0 saturated heterocycles. The zero-order valence-electron chi connectivity index (χ0n) is 11.6. The number of nitrogens with zero attached hydrogens (tertiary/aromatic N) is 4. The minimum Gasteiger partial charge on any atom is -0.305 e. The maximum absolute atomic E-state index is 12.2. The van der Waals surface area contributed by atoms with Crippen LogP contribution in [0.3, 0.4) is 0 Å². The number of carbonyl (C=O) groups excluding carboxylic acids is 1. The standard InChI is InChI=1S/C15H9N5OS2/c21-14(11-7-22-8-17-11)19-12-9-4-6-23-15(9)20-13(18-12)10-3-1-2-5-16-10/h1-8H,(H,18,19,20,21). The van der Waals surface area contributed by atoms with E-state index in [1.165, 1.54) is 22.7 Å². The Balaban J connectivity index is 1.79. The molecule has 0 fully saturated rings. The van der Waals surface area contributed by atoms with Crippen LogP contribution < -0.4 is 5.32 Å². The number of hydrogen-bond acceptors (Lipinski definition) is 7. The summed E-state index contributed by atoms with van der Waals surface area (Å²) in [6.07, 6.45) is 1.69. The first kappa shape index (κ1) is 13.9. The number of thiophene rings is 1. The van der Waals surface area contributed by atoms with Gasteiger partial charge in [0.25, 0.3) is 5.91 Å². The number of rotatable bonds is 3. The van der Waals surface area contributed by atoms with Crippen molar-refractivity contribution in [2.45, 2.75) is 0 Å². The molecule has 0 atom stereocenters. The van der Waals surface area contributed by atoms with E-state index in [2.05, 4.69) is 25.3 Å². The highest BCUT2D eigenvalue weighted by Crippen LogP contribution is 2.28. The number of anilines is 1. The molecule has 8 heteroatoms. The van der Waals surface area contributed by atoms with Crippen molar-refractivity contribution in [3.8, 4) is 11.5 Å². The minimum atomic E-state index is -0.288. The van der Waals surface area contributed by atoms with Crippen LogP contribution in [0.25, 0.3) is 21.7 Å². The Morgan fingerprint density at radius 2 is 2.09 bits per heavy atom. The molecule has 1 N–H and O–H groups in total. The van der Waals surface area contributed by atoms with E-state index in [1.807, 2.05) is 29.6 Å². The van der Waals surface area contributed by atoms with Crippen LogP contribution in [0.4, 0.5) is 5.82 Å². The van der Waals surface area contributed by atoms with Crippen molar-refractivity contribution in [1.82, 2.24) is 19.9 Å². The van der Waals surface area contributed by atoms with Gasteiger partial charge in [0.05, 0.1) is 10.9 Å². The lowest BCUT2D eigenvalue weighted by Gasteiger charge is -2.06. The van der Waals surface area contributed by atoms with Crippen LogP contribution in [0, 0.1) is 0 Å². The lowest BCUT2D eigenvalue weighted by atomic mass is 10.3. The second-order valence-corrected chi connectivity index (χ2v) is 6.19. The quantitative estimate of drug-likeness (QED) is 0.618. The summed E-state index contributed by atoms with van der Waals surface area (Å²) in [6.45, 7) is 0. The monoisotopic (exact) mass is 339 g/mol. The molecule has 0 spiro atoms. The highest BCUT2D eigenvalue weighted by molar-refractivity contribution is 7.16. The summed E-state index contributed by atoms with van der Waals surface area (Å²) in [5, 5.41) is 7.23. The predicted octanol–water partition coefficient (Wildman–Crippen LogP) is 3.46. The molecule has 6 nitrogen and oxygen atoms in total. The van der Waals surface area contributed by atoms with Crippen molar-refractivity contribution in [3.63, 3.8) is 0 Å². The Hall–Kier alpha value is -2.71. The van der Waals surface area contributed by atoms with Gasteiger partial charge in [-0.05, 0) is 23.6 Å². The molecule has 0 unspecified atom stereocenters. The molecule has 0 aliphatic carbocycles.